The van der Waals surface area contributed by atoms with Crippen molar-refractivity contribution in [2.45, 2.75) is 25.8 Å². The molecule has 1 fully saturated rings. The number of rotatable bonds is 4. The molecule has 102 valence electrons. The average Bonchev–Trinajstić information content (AvgIpc) is 2.87. The zero-order chi connectivity index (χ0) is 13.8. The summed E-state index contributed by atoms with van der Waals surface area (Å²) in [4.78, 5) is 22.8. The molecule has 0 spiro atoms. The molecule has 0 bridgehead atoms. The molecule has 0 aromatic heterocycles. The van der Waals surface area contributed by atoms with Gasteiger partial charge in [-0.05, 0) is 30.9 Å². The molecule has 2 atom stereocenters. The summed E-state index contributed by atoms with van der Waals surface area (Å²) in [7, 11) is 0. The van der Waals surface area contributed by atoms with Gasteiger partial charge in [-0.3, -0.25) is 9.59 Å². The molecule has 4 nitrogen and oxygen atoms in total. The van der Waals surface area contributed by atoms with Crippen molar-refractivity contribution in [1.29, 1.82) is 0 Å². The summed E-state index contributed by atoms with van der Waals surface area (Å²) in [6.45, 7) is 0.467. The maximum absolute atomic E-state index is 12.0. The van der Waals surface area contributed by atoms with E-state index in [1.54, 1.807) is 0 Å². The second kappa shape index (κ2) is 6.19. The highest BCUT2D eigenvalue weighted by molar-refractivity contribution is 9.10. The van der Waals surface area contributed by atoms with Crippen LogP contribution >= 0.6 is 15.9 Å². The summed E-state index contributed by atoms with van der Waals surface area (Å²) in [6, 6.07) is 7.71. The van der Waals surface area contributed by atoms with E-state index in [4.69, 9.17) is 5.11 Å². The van der Waals surface area contributed by atoms with Crippen LogP contribution in [0.2, 0.25) is 0 Å². The average molecular weight is 326 g/mol. The Kier molecular flexibility index (Phi) is 4.58. The monoisotopic (exact) mass is 325 g/mol. The highest BCUT2D eigenvalue weighted by Gasteiger charge is 2.33. The van der Waals surface area contributed by atoms with Gasteiger partial charge in [-0.2, -0.15) is 0 Å². The van der Waals surface area contributed by atoms with Crippen molar-refractivity contribution in [3.05, 3.63) is 34.3 Å². The van der Waals surface area contributed by atoms with Crippen LogP contribution in [0.1, 0.15) is 24.8 Å². The lowest BCUT2D eigenvalue weighted by atomic mass is 10.0. The van der Waals surface area contributed by atoms with E-state index in [1.165, 1.54) is 0 Å². The standard InChI is InChI=1S/C14H16BrNO3/c15-12-4-2-1-3-11(12)8-16-13(17)9-5-6-10(7-9)14(18)19/h1-4,9-10H,5-8H2,(H,16,17)(H,18,19)/t9-,10+/m0/s1. The zero-order valence-electron chi connectivity index (χ0n) is 10.4. The van der Waals surface area contributed by atoms with Crippen molar-refractivity contribution in [3.8, 4) is 0 Å². The molecule has 1 amide bonds. The molecular formula is C14H16BrNO3. The van der Waals surface area contributed by atoms with Gasteiger partial charge < -0.3 is 10.4 Å². The Bertz CT molecular complexity index is 489. The van der Waals surface area contributed by atoms with Crippen LogP contribution in [-0.4, -0.2) is 17.0 Å². The van der Waals surface area contributed by atoms with Crippen LogP contribution in [-0.2, 0) is 16.1 Å². The quantitative estimate of drug-likeness (QED) is 0.894. The second-order valence-corrected chi connectivity index (χ2v) is 5.71. The van der Waals surface area contributed by atoms with Gasteiger partial charge in [0.1, 0.15) is 0 Å². The molecule has 1 aliphatic carbocycles. The fraction of sp³-hybridized carbons (Fsp3) is 0.429. The Balaban J connectivity index is 1.86. The number of carbonyl (C=O) groups excluding carboxylic acids is 1. The first-order valence-electron chi connectivity index (χ1n) is 6.32. The number of carbonyl (C=O) groups is 2. The van der Waals surface area contributed by atoms with Gasteiger partial charge in [-0.25, -0.2) is 0 Å². The van der Waals surface area contributed by atoms with Crippen molar-refractivity contribution < 1.29 is 14.7 Å². The summed E-state index contributed by atoms with van der Waals surface area (Å²) in [5.41, 5.74) is 1.02. The fourth-order valence-corrected chi connectivity index (χ4v) is 2.84. The lowest BCUT2D eigenvalue weighted by molar-refractivity contribution is -0.141. The number of aliphatic carboxylic acids is 1. The molecule has 2 N–H and O–H groups in total. The molecule has 1 aromatic carbocycles. The molecule has 5 heteroatoms. The molecule has 1 saturated carbocycles. The molecule has 19 heavy (non-hydrogen) atoms. The third-order valence-corrected chi connectivity index (χ3v) is 4.34. The van der Waals surface area contributed by atoms with E-state index in [2.05, 4.69) is 21.2 Å². The van der Waals surface area contributed by atoms with Crippen molar-refractivity contribution in [2.24, 2.45) is 11.8 Å². The Morgan fingerprint density at radius 2 is 1.95 bits per heavy atom. The number of carboxylic acid groups (broad SMARTS) is 1. The highest BCUT2D eigenvalue weighted by Crippen LogP contribution is 2.31. The Morgan fingerprint density at radius 1 is 1.26 bits per heavy atom. The van der Waals surface area contributed by atoms with Crippen molar-refractivity contribution in [3.63, 3.8) is 0 Å². The summed E-state index contributed by atoms with van der Waals surface area (Å²) in [6.07, 6.45) is 1.72. The van der Waals surface area contributed by atoms with Crippen molar-refractivity contribution in [2.75, 3.05) is 0 Å². The Labute approximate surface area is 120 Å². The normalized spacial score (nSPS) is 22.2. The van der Waals surface area contributed by atoms with E-state index in [0.29, 0.717) is 25.8 Å². The highest BCUT2D eigenvalue weighted by atomic mass is 79.9. The number of carboxylic acids is 1. The van der Waals surface area contributed by atoms with Crippen LogP contribution in [0.3, 0.4) is 0 Å². The SMILES string of the molecule is O=C(O)[C@@H]1CC[C@H](C(=O)NCc2ccccc2Br)C1. The van der Waals surface area contributed by atoms with Crippen LogP contribution in [0.5, 0.6) is 0 Å². The van der Waals surface area contributed by atoms with Gasteiger partial charge in [0.2, 0.25) is 5.91 Å². The first-order valence-corrected chi connectivity index (χ1v) is 7.11. The van der Waals surface area contributed by atoms with Crippen LogP contribution in [0.25, 0.3) is 0 Å². The number of hydrogen-bond acceptors (Lipinski definition) is 2. The van der Waals surface area contributed by atoms with Gasteiger partial charge in [0.25, 0.3) is 0 Å². The summed E-state index contributed by atoms with van der Waals surface area (Å²) < 4.78 is 0.963. The smallest absolute Gasteiger partial charge is 0.306 e. The number of benzene rings is 1. The van der Waals surface area contributed by atoms with Gasteiger partial charge >= 0.3 is 5.97 Å². The summed E-state index contributed by atoms with van der Waals surface area (Å²) in [5, 5.41) is 11.8. The Hall–Kier alpha value is -1.36. The van der Waals surface area contributed by atoms with Crippen LogP contribution in [0.4, 0.5) is 0 Å². The summed E-state index contributed by atoms with van der Waals surface area (Å²) in [5.74, 6) is -1.36. The minimum absolute atomic E-state index is 0.0421. The minimum atomic E-state index is -0.791. The molecule has 2 rings (SSSR count). The lowest BCUT2D eigenvalue weighted by Gasteiger charge is -2.11. The van der Waals surface area contributed by atoms with E-state index in [9.17, 15) is 9.59 Å². The van der Waals surface area contributed by atoms with E-state index >= 15 is 0 Å². The number of hydrogen-bond donors (Lipinski definition) is 2. The molecule has 1 aromatic rings. The van der Waals surface area contributed by atoms with E-state index < -0.39 is 5.97 Å². The maximum atomic E-state index is 12.0. The van der Waals surface area contributed by atoms with Crippen LogP contribution in [0.15, 0.2) is 28.7 Å². The third kappa shape index (κ3) is 3.56. The largest absolute Gasteiger partial charge is 0.481 e. The van der Waals surface area contributed by atoms with Crippen LogP contribution < -0.4 is 5.32 Å². The molecule has 1 aliphatic rings. The predicted octanol–water partition coefficient (Wildman–Crippen LogP) is 2.57. The minimum Gasteiger partial charge on any atom is -0.481 e. The fourth-order valence-electron chi connectivity index (χ4n) is 2.41. The van der Waals surface area contributed by atoms with Crippen LogP contribution in [0, 0.1) is 11.8 Å². The molecule has 0 unspecified atom stereocenters. The number of nitrogens with one attached hydrogen (secondary N) is 1. The topological polar surface area (TPSA) is 66.4 Å². The third-order valence-electron chi connectivity index (χ3n) is 3.56. The van der Waals surface area contributed by atoms with E-state index in [0.717, 1.165) is 10.0 Å². The van der Waals surface area contributed by atoms with Crippen molar-refractivity contribution in [1.82, 2.24) is 5.32 Å². The molecule has 0 saturated heterocycles. The first kappa shape index (κ1) is 14.1. The van der Waals surface area contributed by atoms with Gasteiger partial charge in [-0.15, -0.1) is 0 Å². The Morgan fingerprint density at radius 3 is 2.58 bits per heavy atom. The zero-order valence-corrected chi connectivity index (χ0v) is 12.0. The van der Waals surface area contributed by atoms with E-state index in [1.807, 2.05) is 24.3 Å². The summed E-state index contributed by atoms with van der Waals surface area (Å²) >= 11 is 3.43. The predicted molar refractivity (Wildman–Crippen MR) is 74.5 cm³/mol. The van der Waals surface area contributed by atoms with Gasteiger partial charge in [0.05, 0.1) is 5.92 Å². The number of amides is 1. The van der Waals surface area contributed by atoms with Gasteiger partial charge in [0, 0.05) is 16.9 Å². The van der Waals surface area contributed by atoms with Crippen molar-refractivity contribution >= 4 is 27.8 Å². The van der Waals surface area contributed by atoms with E-state index in [-0.39, 0.29) is 17.7 Å². The van der Waals surface area contributed by atoms with Gasteiger partial charge in [0.15, 0.2) is 0 Å². The number of halogens is 1. The maximum Gasteiger partial charge on any atom is 0.306 e. The molecule has 0 aliphatic heterocycles. The molecule has 0 heterocycles. The molecular weight excluding hydrogens is 310 g/mol. The lowest BCUT2D eigenvalue weighted by Crippen LogP contribution is -2.29. The van der Waals surface area contributed by atoms with Gasteiger partial charge in [-0.1, -0.05) is 34.1 Å². The first-order chi connectivity index (χ1) is 9.08. The molecule has 0 radical (unpaired) electrons. The second-order valence-electron chi connectivity index (χ2n) is 4.85.